The molecule has 0 saturated heterocycles. The quantitative estimate of drug-likeness (QED) is 0.750. The van der Waals surface area contributed by atoms with Crippen molar-refractivity contribution in [1.82, 2.24) is 10.3 Å². The monoisotopic (exact) mass is 336 g/mol. The number of aromatic amines is 1. The highest BCUT2D eigenvalue weighted by Crippen LogP contribution is 2.27. The first-order valence-electron chi connectivity index (χ1n) is 8.20. The first-order chi connectivity index (χ1) is 12.1. The van der Waals surface area contributed by atoms with E-state index in [-0.39, 0.29) is 23.2 Å². The minimum Gasteiger partial charge on any atom is -0.496 e. The van der Waals surface area contributed by atoms with Gasteiger partial charge in [0.2, 0.25) is 0 Å². The molecule has 0 bridgehead atoms. The number of fused-ring (bicyclic) bond motifs is 1. The number of H-pyrrole nitrogens is 1. The topological polar surface area (TPSA) is 71.2 Å². The van der Waals surface area contributed by atoms with Crippen LogP contribution >= 0.6 is 0 Å². The van der Waals surface area contributed by atoms with Gasteiger partial charge in [0, 0.05) is 10.9 Å². The van der Waals surface area contributed by atoms with Gasteiger partial charge in [0.15, 0.2) is 0 Å². The van der Waals surface area contributed by atoms with Crippen molar-refractivity contribution >= 4 is 16.7 Å². The summed E-state index contributed by atoms with van der Waals surface area (Å²) in [5, 5.41) is 4.28. The number of para-hydroxylation sites is 1. The zero-order valence-electron chi connectivity index (χ0n) is 14.2. The molecule has 0 aliphatic rings. The molecule has 0 radical (unpaired) electrons. The summed E-state index contributed by atoms with van der Waals surface area (Å²) in [5.41, 5.74) is 0.884. The van der Waals surface area contributed by atoms with E-state index in [0.29, 0.717) is 11.8 Å². The first kappa shape index (κ1) is 16.8. The number of carbonyl (C=O) groups excluding carboxylic acids is 1. The van der Waals surface area contributed by atoms with E-state index >= 15 is 0 Å². The van der Waals surface area contributed by atoms with Crippen molar-refractivity contribution in [3.8, 4) is 5.75 Å². The van der Waals surface area contributed by atoms with Crippen molar-refractivity contribution in [3.05, 3.63) is 76.2 Å². The number of ether oxygens (including phenoxy) is 1. The van der Waals surface area contributed by atoms with Gasteiger partial charge in [0.25, 0.3) is 11.5 Å². The summed E-state index contributed by atoms with van der Waals surface area (Å²) < 4.78 is 5.38. The molecule has 0 fully saturated rings. The van der Waals surface area contributed by atoms with E-state index in [2.05, 4.69) is 10.3 Å². The number of amides is 1. The average molecular weight is 336 g/mol. The summed E-state index contributed by atoms with van der Waals surface area (Å²) in [6.07, 6.45) is 0.698. The molecular weight excluding hydrogens is 316 g/mol. The molecule has 25 heavy (non-hydrogen) atoms. The van der Waals surface area contributed by atoms with E-state index in [1.54, 1.807) is 25.3 Å². The molecule has 2 aromatic carbocycles. The van der Waals surface area contributed by atoms with Crippen molar-refractivity contribution in [2.75, 3.05) is 7.11 Å². The molecule has 5 nitrogen and oxygen atoms in total. The van der Waals surface area contributed by atoms with Crippen LogP contribution in [0.2, 0.25) is 0 Å². The molecule has 0 unspecified atom stereocenters. The average Bonchev–Trinajstić information content (AvgIpc) is 2.66. The van der Waals surface area contributed by atoms with Crippen LogP contribution < -0.4 is 15.6 Å². The first-order valence-corrected chi connectivity index (χ1v) is 8.20. The lowest BCUT2D eigenvalue weighted by Gasteiger charge is -2.20. The molecule has 5 heteroatoms. The Morgan fingerprint density at radius 1 is 1.16 bits per heavy atom. The van der Waals surface area contributed by atoms with Crippen LogP contribution in [0.4, 0.5) is 0 Å². The van der Waals surface area contributed by atoms with Crippen molar-refractivity contribution in [2.24, 2.45) is 0 Å². The molecule has 1 aromatic heterocycles. The maximum absolute atomic E-state index is 12.7. The number of hydrogen-bond acceptors (Lipinski definition) is 3. The van der Waals surface area contributed by atoms with Crippen molar-refractivity contribution < 1.29 is 9.53 Å². The van der Waals surface area contributed by atoms with Gasteiger partial charge >= 0.3 is 0 Å². The summed E-state index contributed by atoms with van der Waals surface area (Å²) in [5.74, 6) is 0.405. The second-order valence-electron chi connectivity index (χ2n) is 5.78. The maximum Gasteiger partial charge on any atom is 0.268 e. The zero-order valence-corrected chi connectivity index (χ0v) is 14.2. The largest absolute Gasteiger partial charge is 0.496 e. The van der Waals surface area contributed by atoms with E-state index in [0.717, 1.165) is 16.7 Å². The Kier molecular flexibility index (Phi) is 4.84. The second-order valence-corrected chi connectivity index (χ2v) is 5.78. The Bertz CT molecular complexity index is 962. The highest BCUT2D eigenvalue weighted by molar-refractivity contribution is 5.96. The van der Waals surface area contributed by atoms with Gasteiger partial charge in [-0.3, -0.25) is 9.59 Å². The summed E-state index contributed by atoms with van der Waals surface area (Å²) in [4.78, 5) is 27.5. The van der Waals surface area contributed by atoms with Gasteiger partial charge in [-0.2, -0.15) is 0 Å². The van der Waals surface area contributed by atoms with Crippen molar-refractivity contribution in [1.29, 1.82) is 0 Å². The molecule has 0 aliphatic heterocycles. The number of aromatic nitrogens is 1. The Morgan fingerprint density at radius 2 is 1.88 bits per heavy atom. The number of hydrogen-bond donors (Lipinski definition) is 2. The van der Waals surface area contributed by atoms with Crippen LogP contribution in [0.5, 0.6) is 5.75 Å². The van der Waals surface area contributed by atoms with Crippen LogP contribution in [0, 0.1) is 0 Å². The summed E-state index contributed by atoms with van der Waals surface area (Å²) in [6.45, 7) is 1.99. The number of benzene rings is 2. The minimum atomic E-state index is -0.319. The fourth-order valence-electron chi connectivity index (χ4n) is 2.92. The predicted octanol–water partition coefficient (Wildman–Crippen LogP) is 3.42. The smallest absolute Gasteiger partial charge is 0.268 e. The fraction of sp³-hybridized carbons (Fsp3) is 0.200. The molecule has 1 heterocycles. The summed E-state index contributed by atoms with van der Waals surface area (Å²) in [7, 11) is 1.61. The third-order valence-corrected chi connectivity index (χ3v) is 4.23. The van der Waals surface area contributed by atoms with Gasteiger partial charge in [-0.1, -0.05) is 43.3 Å². The van der Waals surface area contributed by atoms with E-state index in [9.17, 15) is 9.59 Å². The SMILES string of the molecule is CC[C@@H](NC(=O)c1cc2ccccc2c(=O)[nH]1)c1ccccc1OC. The standard InChI is InChI=1S/C20H20N2O3/c1-3-16(15-10-6-7-11-18(15)25-2)21-20(24)17-12-13-8-4-5-9-14(13)19(23)22-17/h4-12,16H,3H2,1-2H3,(H,21,24)(H,22,23)/t16-/m1/s1. The normalized spacial score (nSPS) is 11.9. The van der Waals surface area contributed by atoms with Crippen LogP contribution in [0.25, 0.3) is 10.8 Å². The van der Waals surface area contributed by atoms with Crippen LogP contribution in [0.3, 0.4) is 0 Å². The molecule has 3 aromatic rings. The Morgan fingerprint density at radius 3 is 2.64 bits per heavy atom. The molecule has 128 valence electrons. The van der Waals surface area contributed by atoms with Crippen molar-refractivity contribution in [3.63, 3.8) is 0 Å². The van der Waals surface area contributed by atoms with Crippen LogP contribution in [0.15, 0.2) is 59.4 Å². The van der Waals surface area contributed by atoms with E-state index in [4.69, 9.17) is 4.74 Å². The molecule has 3 rings (SSSR count). The second kappa shape index (κ2) is 7.21. The molecule has 0 spiro atoms. The zero-order chi connectivity index (χ0) is 17.8. The summed E-state index contributed by atoms with van der Waals surface area (Å²) in [6, 6.07) is 16.3. The van der Waals surface area contributed by atoms with E-state index < -0.39 is 0 Å². The number of rotatable bonds is 5. The van der Waals surface area contributed by atoms with Gasteiger partial charge in [-0.05, 0) is 30.0 Å². The summed E-state index contributed by atoms with van der Waals surface area (Å²) >= 11 is 0. The van der Waals surface area contributed by atoms with Gasteiger partial charge in [0.05, 0.1) is 13.2 Å². The lowest BCUT2D eigenvalue weighted by molar-refractivity contribution is 0.0930. The lowest BCUT2D eigenvalue weighted by Crippen LogP contribution is -2.30. The Labute approximate surface area is 145 Å². The van der Waals surface area contributed by atoms with E-state index in [1.165, 1.54) is 0 Å². The predicted molar refractivity (Wildman–Crippen MR) is 98.1 cm³/mol. The van der Waals surface area contributed by atoms with Crippen molar-refractivity contribution in [2.45, 2.75) is 19.4 Å². The molecule has 0 aliphatic carbocycles. The highest BCUT2D eigenvalue weighted by atomic mass is 16.5. The van der Waals surface area contributed by atoms with Crippen LogP contribution in [0.1, 0.15) is 35.4 Å². The molecule has 1 amide bonds. The number of methoxy groups -OCH3 is 1. The lowest BCUT2D eigenvalue weighted by atomic mass is 10.0. The van der Waals surface area contributed by atoms with E-state index in [1.807, 2.05) is 43.3 Å². The number of carbonyl (C=O) groups is 1. The third-order valence-electron chi connectivity index (χ3n) is 4.23. The van der Waals surface area contributed by atoms with Crippen LogP contribution in [-0.2, 0) is 0 Å². The van der Waals surface area contributed by atoms with Gasteiger partial charge < -0.3 is 15.0 Å². The maximum atomic E-state index is 12.7. The highest BCUT2D eigenvalue weighted by Gasteiger charge is 2.18. The van der Waals surface area contributed by atoms with Gasteiger partial charge in [-0.25, -0.2) is 0 Å². The van der Waals surface area contributed by atoms with Crippen LogP contribution in [-0.4, -0.2) is 18.0 Å². The molecular formula is C20H20N2O3. The molecule has 0 saturated carbocycles. The number of nitrogens with one attached hydrogen (secondary N) is 2. The van der Waals surface area contributed by atoms with Gasteiger partial charge in [0.1, 0.15) is 11.4 Å². The Hall–Kier alpha value is -3.08. The Balaban J connectivity index is 1.91. The number of pyridine rings is 1. The molecule has 1 atom stereocenters. The van der Waals surface area contributed by atoms with Gasteiger partial charge in [-0.15, -0.1) is 0 Å². The fourth-order valence-corrected chi connectivity index (χ4v) is 2.92. The minimum absolute atomic E-state index is 0.210. The third kappa shape index (κ3) is 3.40. The molecule has 2 N–H and O–H groups in total.